The molecule has 2 amide bonds. The van der Waals surface area contributed by atoms with E-state index in [1.807, 2.05) is 31.2 Å². The molecule has 0 unspecified atom stereocenters. The van der Waals surface area contributed by atoms with Crippen molar-refractivity contribution in [1.29, 1.82) is 0 Å². The first-order valence-electron chi connectivity index (χ1n) is 12.6. The number of nitrogens with one attached hydrogen (secondary N) is 2. The molecule has 2 aliphatic carbocycles. The maximum atomic E-state index is 12.9. The average molecular weight is 479 g/mol. The van der Waals surface area contributed by atoms with Gasteiger partial charge in [0.1, 0.15) is 6.61 Å². The Morgan fingerprint density at radius 1 is 1.00 bits per heavy atom. The Morgan fingerprint density at radius 3 is 2.26 bits per heavy atom. The number of benzene rings is 2. The molecule has 3 atom stereocenters. The maximum Gasteiger partial charge on any atom is 0.407 e. The normalized spacial score (nSPS) is 19.8. The summed E-state index contributed by atoms with van der Waals surface area (Å²) in [4.78, 5) is 36.5. The molecule has 2 aromatic rings. The second-order valence-electron chi connectivity index (χ2n) is 9.57. The van der Waals surface area contributed by atoms with Crippen molar-refractivity contribution < 1.29 is 24.2 Å². The first-order chi connectivity index (χ1) is 17.0. The van der Waals surface area contributed by atoms with Gasteiger partial charge in [0.15, 0.2) is 0 Å². The number of rotatable bonds is 9. The van der Waals surface area contributed by atoms with Crippen LogP contribution in [0.2, 0.25) is 0 Å². The van der Waals surface area contributed by atoms with Crippen LogP contribution in [0.1, 0.15) is 62.5 Å². The van der Waals surface area contributed by atoms with Crippen LogP contribution < -0.4 is 10.6 Å². The molecule has 0 aliphatic heterocycles. The molecule has 0 bridgehead atoms. The zero-order chi connectivity index (χ0) is 24.8. The van der Waals surface area contributed by atoms with Gasteiger partial charge in [-0.2, -0.15) is 0 Å². The number of carbonyl (C=O) groups excluding carboxylic acids is 2. The second kappa shape index (κ2) is 11.4. The lowest BCUT2D eigenvalue weighted by Gasteiger charge is -2.31. The highest BCUT2D eigenvalue weighted by atomic mass is 16.5. The van der Waals surface area contributed by atoms with Gasteiger partial charge in [0.25, 0.3) is 0 Å². The molecule has 1 saturated carbocycles. The van der Waals surface area contributed by atoms with Crippen LogP contribution in [-0.4, -0.2) is 42.3 Å². The highest BCUT2D eigenvalue weighted by Crippen LogP contribution is 2.44. The van der Waals surface area contributed by atoms with Crippen LogP contribution in [-0.2, 0) is 14.3 Å². The molecule has 2 aliphatic rings. The summed E-state index contributed by atoms with van der Waals surface area (Å²) in [5, 5.41) is 14.8. The molecule has 3 N–H and O–H groups in total. The average Bonchev–Trinajstić information content (AvgIpc) is 3.19. The van der Waals surface area contributed by atoms with Crippen molar-refractivity contribution in [2.24, 2.45) is 11.8 Å². The van der Waals surface area contributed by atoms with E-state index in [9.17, 15) is 14.4 Å². The molecular formula is C28H34N2O5. The Hall–Kier alpha value is -3.35. The molecule has 35 heavy (non-hydrogen) atoms. The van der Waals surface area contributed by atoms with Gasteiger partial charge in [-0.15, -0.1) is 0 Å². The van der Waals surface area contributed by atoms with Crippen LogP contribution in [0.25, 0.3) is 11.1 Å². The summed E-state index contributed by atoms with van der Waals surface area (Å²) < 4.78 is 5.64. The highest BCUT2D eigenvalue weighted by Gasteiger charge is 2.33. The smallest absolute Gasteiger partial charge is 0.407 e. The van der Waals surface area contributed by atoms with Crippen LogP contribution >= 0.6 is 0 Å². The number of carbonyl (C=O) groups is 3. The predicted octanol–water partition coefficient (Wildman–Crippen LogP) is 4.70. The number of fused-ring (bicyclic) bond motifs is 3. The van der Waals surface area contributed by atoms with Gasteiger partial charge >= 0.3 is 12.1 Å². The summed E-state index contributed by atoms with van der Waals surface area (Å²) in [6.07, 6.45) is 3.55. The lowest BCUT2D eigenvalue weighted by atomic mass is 9.78. The second-order valence-corrected chi connectivity index (χ2v) is 9.57. The minimum atomic E-state index is -0.922. The van der Waals surface area contributed by atoms with E-state index < -0.39 is 12.1 Å². The Balaban J connectivity index is 1.31. The van der Waals surface area contributed by atoms with Crippen LogP contribution in [0.4, 0.5) is 4.79 Å². The minimum absolute atomic E-state index is 0.00145. The third-order valence-corrected chi connectivity index (χ3v) is 7.36. The summed E-state index contributed by atoms with van der Waals surface area (Å²) in [6.45, 7) is 2.48. The van der Waals surface area contributed by atoms with E-state index in [1.165, 1.54) is 11.1 Å². The van der Waals surface area contributed by atoms with Crippen LogP contribution in [0.15, 0.2) is 48.5 Å². The van der Waals surface area contributed by atoms with Gasteiger partial charge in [-0.05, 0) is 47.4 Å². The van der Waals surface area contributed by atoms with Crippen molar-refractivity contribution >= 4 is 18.0 Å². The van der Waals surface area contributed by atoms with Gasteiger partial charge in [-0.25, -0.2) is 4.79 Å². The number of hydrogen-bond acceptors (Lipinski definition) is 4. The molecule has 0 spiro atoms. The number of aliphatic carboxylic acids is 1. The molecule has 0 heterocycles. The van der Waals surface area contributed by atoms with E-state index in [4.69, 9.17) is 9.84 Å². The summed E-state index contributed by atoms with van der Waals surface area (Å²) >= 11 is 0. The minimum Gasteiger partial charge on any atom is -0.481 e. The third-order valence-electron chi connectivity index (χ3n) is 7.36. The zero-order valence-electron chi connectivity index (χ0n) is 20.2. The van der Waals surface area contributed by atoms with Gasteiger partial charge < -0.3 is 20.5 Å². The van der Waals surface area contributed by atoms with E-state index in [1.54, 1.807) is 0 Å². The van der Waals surface area contributed by atoms with Gasteiger partial charge in [-0.3, -0.25) is 9.59 Å². The topological polar surface area (TPSA) is 105 Å². The summed E-state index contributed by atoms with van der Waals surface area (Å²) in [5.41, 5.74) is 4.69. The van der Waals surface area contributed by atoms with Crippen LogP contribution in [0.3, 0.4) is 0 Å². The van der Waals surface area contributed by atoms with Gasteiger partial charge in [0.2, 0.25) is 5.91 Å². The molecule has 2 aromatic carbocycles. The predicted molar refractivity (Wildman–Crippen MR) is 133 cm³/mol. The molecular weight excluding hydrogens is 444 g/mol. The Labute approximate surface area is 206 Å². The number of hydrogen-bond donors (Lipinski definition) is 3. The zero-order valence-corrected chi connectivity index (χ0v) is 20.2. The van der Waals surface area contributed by atoms with E-state index in [0.29, 0.717) is 13.0 Å². The molecule has 7 heteroatoms. The monoisotopic (exact) mass is 478 g/mol. The molecule has 7 nitrogen and oxygen atoms in total. The fraction of sp³-hybridized carbons (Fsp3) is 0.464. The lowest BCUT2D eigenvalue weighted by Crippen LogP contribution is -2.45. The Morgan fingerprint density at radius 2 is 1.63 bits per heavy atom. The van der Waals surface area contributed by atoms with Gasteiger partial charge in [-0.1, -0.05) is 68.3 Å². The SMILES string of the molecule is CC[C@H](CC(=O)O)NC(=O)[C@@H]1CCCC[C@@H]1CNC(=O)OCC1c2ccccc2-c2ccccc21. The molecule has 0 saturated heterocycles. The molecule has 1 fully saturated rings. The summed E-state index contributed by atoms with van der Waals surface area (Å²) in [5.74, 6) is -1.26. The number of carboxylic acids is 1. The van der Waals surface area contributed by atoms with Crippen molar-refractivity contribution in [2.75, 3.05) is 13.2 Å². The molecule has 0 aromatic heterocycles. The van der Waals surface area contributed by atoms with Crippen molar-refractivity contribution in [3.63, 3.8) is 0 Å². The van der Waals surface area contributed by atoms with Crippen LogP contribution in [0.5, 0.6) is 0 Å². The van der Waals surface area contributed by atoms with E-state index in [0.717, 1.165) is 36.8 Å². The van der Waals surface area contributed by atoms with Gasteiger partial charge in [0, 0.05) is 24.4 Å². The maximum absolute atomic E-state index is 12.9. The lowest BCUT2D eigenvalue weighted by molar-refractivity contribution is -0.138. The van der Waals surface area contributed by atoms with E-state index in [2.05, 4.69) is 34.9 Å². The highest BCUT2D eigenvalue weighted by molar-refractivity contribution is 5.81. The molecule has 186 valence electrons. The Kier molecular flexibility index (Phi) is 8.06. The van der Waals surface area contributed by atoms with Crippen molar-refractivity contribution in [2.45, 2.75) is 57.4 Å². The van der Waals surface area contributed by atoms with Gasteiger partial charge in [0.05, 0.1) is 6.42 Å². The van der Waals surface area contributed by atoms with E-state index in [-0.39, 0.29) is 42.7 Å². The van der Waals surface area contributed by atoms with Crippen molar-refractivity contribution in [1.82, 2.24) is 10.6 Å². The standard InChI is InChI=1S/C28H34N2O5/c1-2-19(15-26(31)32)30-27(33)20-10-4-3-9-18(20)16-29-28(34)35-17-25-23-13-7-5-11-21(23)22-12-6-8-14-24(22)25/h5-8,11-14,18-20,25H,2-4,9-10,15-17H2,1H3,(H,29,34)(H,30,33)(H,31,32)/t18-,19-,20-/m1/s1. The van der Waals surface area contributed by atoms with Crippen LogP contribution in [0, 0.1) is 11.8 Å². The largest absolute Gasteiger partial charge is 0.481 e. The molecule has 0 radical (unpaired) electrons. The first kappa shape index (κ1) is 24.8. The Bertz CT molecular complexity index is 1020. The van der Waals surface area contributed by atoms with Crippen molar-refractivity contribution in [3.05, 3.63) is 59.7 Å². The number of amides is 2. The summed E-state index contributed by atoms with van der Waals surface area (Å²) in [7, 11) is 0. The first-order valence-corrected chi connectivity index (χ1v) is 12.6. The quantitative estimate of drug-likeness (QED) is 0.485. The third kappa shape index (κ3) is 5.84. The fourth-order valence-corrected chi connectivity index (χ4v) is 5.48. The number of alkyl carbamates (subject to hydrolysis) is 1. The fourth-order valence-electron chi connectivity index (χ4n) is 5.48. The summed E-state index contributed by atoms with van der Waals surface area (Å²) in [6, 6.07) is 16.0. The number of carboxylic acid groups (broad SMARTS) is 1. The molecule has 4 rings (SSSR count). The van der Waals surface area contributed by atoms with E-state index >= 15 is 0 Å². The number of ether oxygens (including phenoxy) is 1. The van der Waals surface area contributed by atoms with Crippen molar-refractivity contribution in [3.8, 4) is 11.1 Å².